The molecule has 0 N–H and O–H groups in total. The maximum atomic E-state index is 4.42. The first kappa shape index (κ1) is 9.71. The SMILES string of the molecule is Cc1nn(C)c(C2=CC=C(Br)C2)c1C. The number of nitrogens with zero attached hydrogens (tertiary/aromatic N) is 2. The lowest BCUT2D eigenvalue weighted by atomic mass is 10.1. The molecule has 0 unspecified atom stereocenters. The van der Waals surface area contributed by atoms with Crippen LogP contribution in [-0.2, 0) is 7.05 Å². The van der Waals surface area contributed by atoms with E-state index in [2.05, 4.69) is 47.0 Å². The summed E-state index contributed by atoms with van der Waals surface area (Å²) in [4.78, 5) is 0. The summed E-state index contributed by atoms with van der Waals surface area (Å²) in [5.41, 5.74) is 5.01. The Morgan fingerprint density at radius 2 is 2.07 bits per heavy atom. The Kier molecular flexibility index (Phi) is 2.35. The van der Waals surface area contributed by atoms with Gasteiger partial charge in [-0.1, -0.05) is 28.1 Å². The Bertz CT molecular complexity index is 438. The standard InChI is InChI=1S/C11H13BrN2/c1-7-8(2)13-14(3)11(7)9-4-5-10(12)6-9/h4-5H,6H2,1-3H3. The molecule has 1 aliphatic carbocycles. The van der Waals surface area contributed by atoms with Crippen LogP contribution < -0.4 is 0 Å². The average molecular weight is 253 g/mol. The van der Waals surface area contributed by atoms with Gasteiger partial charge in [0, 0.05) is 13.5 Å². The fraction of sp³-hybridized carbons (Fsp3) is 0.364. The van der Waals surface area contributed by atoms with Crippen molar-refractivity contribution in [3.8, 4) is 0 Å². The van der Waals surface area contributed by atoms with Gasteiger partial charge in [-0.25, -0.2) is 0 Å². The minimum atomic E-state index is 0.986. The van der Waals surface area contributed by atoms with E-state index in [0.29, 0.717) is 0 Å². The maximum Gasteiger partial charge on any atom is 0.0674 e. The summed E-state index contributed by atoms with van der Waals surface area (Å²) < 4.78 is 3.21. The van der Waals surface area contributed by atoms with Crippen LogP contribution in [0.2, 0.25) is 0 Å². The van der Waals surface area contributed by atoms with E-state index < -0.39 is 0 Å². The molecule has 0 saturated heterocycles. The number of allylic oxidation sites excluding steroid dienone is 4. The highest BCUT2D eigenvalue weighted by atomic mass is 79.9. The number of halogens is 1. The van der Waals surface area contributed by atoms with Gasteiger partial charge in [0.1, 0.15) is 0 Å². The van der Waals surface area contributed by atoms with Gasteiger partial charge < -0.3 is 0 Å². The van der Waals surface area contributed by atoms with E-state index in [4.69, 9.17) is 0 Å². The molecule has 2 nitrogen and oxygen atoms in total. The summed E-state index contributed by atoms with van der Waals surface area (Å²) >= 11 is 3.51. The molecule has 0 spiro atoms. The predicted octanol–water partition coefficient (Wildman–Crippen LogP) is 3.10. The van der Waals surface area contributed by atoms with E-state index in [9.17, 15) is 0 Å². The molecule has 1 aliphatic rings. The minimum Gasteiger partial charge on any atom is -0.268 e. The second-order valence-electron chi connectivity index (χ2n) is 3.66. The van der Waals surface area contributed by atoms with Crippen molar-refractivity contribution in [3.63, 3.8) is 0 Å². The Morgan fingerprint density at radius 1 is 1.36 bits per heavy atom. The van der Waals surface area contributed by atoms with Gasteiger partial charge >= 0.3 is 0 Å². The van der Waals surface area contributed by atoms with Crippen molar-refractivity contribution in [2.24, 2.45) is 7.05 Å². The minimum absolute atomic E-state index is 0.986. The smallest absolute Gasteiger partial charge is 0.0674 e. The Hall–Kier alpha value is -0.830. The molecule has 0 aliphatic heterocycles. The molecule has 2 rings (SSSR count). The summed E-state index contributed by atoms with van der Waals surface area (Å²) in [5.74, 6) is 0. The number of hydrogen-bond donors (Lipinski definition) is 0. The van der Waals surface area contributed by atoms with E-state index in [1.165, 1.54) is 21.3 Å². The average Bonchev–Trinajstić information content (AvgIpc) is 2.60. The number of rotatable bonds is 1. The van der Waals surface area contributed by atoms with E-state index in [-0.39, 0.29) is 0 Å². The molecule has 0 aromatic carbocycles. The lowest BCUT2D eigenvalue weighted by Crippen LogP contribution is -1.97. The molecule has 0 radical (unpaired) electrons. The molecule has 0 fully saturated rings. The van der Waals surface area contributed by atoms with Crippen LogP contribution in [-0.4, -0.2) is 9.78 Å². The third-order valence-electron chi connectivity index (χ3n) is 2.65. The molecule has 1 aromatic rings. The van der Waals surface area contributed by atoms with Gasteiger partial charge in [-0.2, -0.15) is 5.10 Å². The largest absolute Gasteiger partial charge is 0.268 e. The zero-order valence-corrected chi connectivity index (χ0v) is 10.2. The Balaban J connectivity index is 2.44. The lowest BCUT2D eigenvalue weighted by molar-refractivity contribution is 0.744. The first-order valence-corrected chi connectivity index (χ1v) is 5.44. The number of hydrogen-bond acceptors (Lipinski definition) is 1. The third-order valence-corrected chi connectivity index (χ3v) is 3.20. The molecule has 1 heterocycles. The lowest BCUT2D eigenvalue weighted by Gasteiger charge is -2.04. The van der Waals surface area contributed by atoms with E-state index in [0.717, 1.165) is 12.1 Å². The van der Waals surface area contributed by atoms with Crippen molar-refractivity contribution in [1.29, 1.82) is 0 Å². The van der Waals surface area contributed by atoms with E-state index in [1.807, 2.05) is 11.7 Å². The van der Waals surface area contributed by atoms with Crippen molar-refractivity contribution in [1.82, 2.24) is 9.78 Å². The van der Waals surface area contributed by atoms with Crippen LogP contribution in [0.1, 0.15) is 23.4 Å². The second-order valence-corrected chi connectivity index (χ2v) is 4.68. The highest BCUT2D eigenvalue weighted by Crippen LogP contribution is 2.32. The quantitative estimate of drug-likeness (QED) is 0.751. The number of aryl methyl sites for hydroxylation is 2. The van der Waals surface area contributed by atoms with Crippen molar-refractivity contribution in [2.45, 2.75) is 20.3 Å². The fourth-order valence-corrected chi connectivity index (χ4v) is 2.30. The van der Waals surface area contributed by atoms with Gasteiger partial charge in [0.2, 0.25) is 0 Å². The zero-order valence-electron chi connectivity index (χ0n) is 8.63. The van der Waals surface area contributed by atoms with Crippen LogP contribution in [0.25, 0.3) is 5.57 Å². The molecule has 0 saturated carbocycles. The van der Waals surface area contributed by atoms with E-state index >= 15 is 0 Å². The van der Waals surface area contributed by atoms with Crippen LogP contribution in [0.5, 0.6) is 0 Å². The van der Waals surface area contributed by atoms with Gasteiger partial charge in [0.25, 0.3) is 0 Å². The van der Waals surface area contributed by atoms with Crippen LogP contribution in [0.3, 0.4) is 0 Å². The van der Waals surface area contributed by atoms with Crippen LogP contribution in [0, 0.1) is 13.8 Å². The number of aromatic nitrogens is 2. The summed E-state index contributed by atoms with van der Waals surface area (Å²) in [7, 11) is 2.00. The highest BCUT2D eigenvalue weighted by molar-refractivity contribution is 9.11. The van der Waals surface area contributed by atoms with Crippen LogP contribution in [0.15, 0.2) is 16.6 Å². The first-order chi connectivity index (χ1) is 6.59. The van der Waals surface area contributed by atoms with Crippen molar-refractivity contribution in [2.75, 3.05) is 0 Å². The molecule has 74 valence electrons. The van der Waals surface area contributed by atoms with Gasteiger partial charge in [-0.3, -0.25) is 4.68 Å². The molecule has 14 heavy (non-hydrogen) atoms. The topological polar surface area (TPSA) is 17.8 Å². The van der Waals surface area contributed by atoms with Crippen molar-refractivity contribution < 1.29 is 0 Å². The molecule has 0 amide bonds. The van der Waals surface area contributed by atoms with Crippen molar-refractivity contribution >= 4 is 21.5 Å². The predicted molar refractivity (Wildman–Crippen MR) is 62.3 cm³/mol. The van der Waals surface area contributed by atoms with Crippen LogP contribution in [0.4, 0.5) is 0 Å². The molecule has 3 heteroatoms. The molecular formula is C11H13BrN2. The van der Waals surface area contributed by atoms with Gasteiger partial charge in [0.15, 0.2) is 0 Å². The van der Waals surface area contributed by atoms with Gasteiger partial charge in [-0.05, 0) is 29.5 Å². The first-order valence-electron chi connectivity index (χ1n) is 4.65. The molecular weight excluding hydrogens is 240 g/mol. The molecule has 0 bridgehead atoms. The summed E-state index contributed by atoms with van der Waals surface area (Å²) in [5, 5.41) is 4.42. The normalized spacial score (nSPS) is 15.7. The summed E-state index contributed by atoms with van der Waals surface area (Å²) in [6, 6.07) is 0. The fourth-order valence-electron chi connectivity index (χ4n) is 1.87. The summed E-state index contributed by atoms with van der Waals surface area (Å²) in [6.45, 7) is 4.18. The highest BCUT2D eigenvalue weighted by Gasteiger charge is 2.16. The second kappa shape index (κ2) is 3.39. The molecule has 1 aromatic heterocycles. The van der Waals surface area contributed by atoms with Crippen LogP contribution >= 0.6 is 15.9 Å². The van der Waals surface area contributed by atoms with Crippen molar-refractivity contribution in [3.05, 3.63) is 33.6 Å². The Labute approximate surface area is 92.4 Å². The summed E-state index contributed by atoms with van der Waals surface area (Å²) in [6.07, 6.45) is 5.25. The van der Waals surface area contributed by atoms with Gasteiger partial charge in [0.05, 0.1) is 11.4 Å². The zero-order chi connectivity index (χ0) is 10.3. The molecule has 0 atom stereocenters. The monoisotopic (exact) mass is 252 g/mol. The van der Waals surface area contributed by atoms with E-state index in [1.54, 1.807) is 0 Å². The Morgan fingerprint density at radius 3 is 2.50 bits per heavy atom. The van der Waals surface area contributed by atoms with Gasteiger partial charge in [-0.15, -0.1) is 0 Å². The third kappa shape index (κ3) is 1.46. The maximum absolute atomic E-state index is 4.42.